The van der Waals surface area contributed by atoms with Crippen molar-refractivity contribution in [3.8, 4) is 0 Å². The number of aromatic nitrogens is 4. The molecule has 118 valence electrons. The second-order valence-corrected chi connectivity index (χ2v) is 5.39. The molecule has 0 fully saturated rings. The number of aryl methyl sites for hydroxylation is 3. The summed E-state index contributed by atoms with van der Waals surface area (Å²) >= 11 is 0. The molecule has 0 saturated carbocycles. The number of hydrogen-bond donors (Lipinski definition) is 3. The number of aromatic amines is 2. The number of benzene rings is 1. The topological polar surface area (TPSA) is 104 Å². The fourth-order valence-electron chi connectivity index (χ4n) is 2.42. The predicted octanol–water partition coefficient (Wildman–Crippen LogP) is 1.83. The molecule has 7 heteroatoms. The van der Waals surface area contributed by atoms with Gasteiger partial charge >= 0.3 is 0 Å². The monoisotopic (exact) mass is 311 g/mol. The number of carbonyl (C=O) groups excluding carboxylic acids is 1. The van der Waals surface area contributed by atoms with Crippen molar-refractivity contribution < 1.29 is 4.79 Å². The van der Waals surface area contributed by atoms with Crippen LogP contribution in [0, 0.1) is 13.8 Å². The molecule has 3 aromatic rings. The molecule has 3 N–H and O–H groups in total. The molecule has 0 atom stereocenters. The zero-order valence-electron chi connectivity index (χ0n) is 12.9. The zero-order valence-corrected chi connectivity index (χ0v) is 12.9. The smallest absolute Gasteiger partial charge is 0.258 e. The summed E-state index contributed by atoms with van der Waals surface area (Å²) < 4.78 is 0. The van der Waals surface area contributed by atoms with Gasteiger partial charge in [-0.15, -0.1) is 0 Å². The van der Waals surface area contributed by atoms with Gasteiger partial charge in [0.05, 0.1) is 28.0 Å². The van der Waals surface area contributed by atoms with Crippen molar-refractivity contribution in [1.82, 2.24) is 20.2 Å². The molecule has 1 amide bonds. The van der Waals surface area contributed by atoms with E-state index in [0.29, 0.717) is 28.8 Å². The van der Waals surface area contributed by atoms with Gasteiger partial charge in [-0.3, -0.25) is 14.7 Å². The van der Waals surface area contributed by atoms with Gasteiger partial charge in [0.2, 0.25) is 5.91 Å². The maximum absolute atomic E-state index is 12.1. The van der Waals surface area contributed by atoms with Gasteiger partial charge in [-0.1, -0.05) is 12.1 Å². The van der Waals surface area contributed by atoms with E-state index in [9.17, 15) is 9.59 Å². The highest BCUT2D eigenvalue weighted by Gasteiger charge is 2.11. The summed E-state index contributed by atoms with van der Waals surface area (Å²) in [5.41, 5.74) is 2.71. The third-order valence-electron chi connectivity index (χ3n) is 3.64. The lowest BCUT2D eigenvalue weighted by Gasteiger charge is -2.06. The van der Waals surface area contributed by atoms with Crippen LogP contribution >= 0.6 is 0 Å². The summed E-state index contributed by atoms with van der Waals surface area (Å²) in [6, 6.07) is 7.13. The molecule has 0 aliphatic heterocycles. The molecule has 3 rings (SSSR count). The number of rotatable bonds is 4. The molecule has 0 bridgehead atoms. The molecule has 0 saturated heterocycles. The Kier molecular flexibility index (Phi) is 3.92. The van der Waals surface area contributed by atoms with E-state index in [4.69, 9.17) is 0 Å². The van der Waals surface area contributed by atoms with Gasteiger partial charge in [-0.05, 0) is 26.0 Å². The minimum absolute atomic E-state index is 0.145. The van der Waals surface area contributed by atoms with Crippen molar-refractivity contribution >= 4 is 22.5 Å². The number of fused-ring (bicyclic) bond motifs is 1. The van der Waals surface area contributed by atoms with Gasteiger partial charge in [0.25, 0.3) is 5.56 Å². The Labute approximate surface area is 132 Å². The zero-order chi connectivity index (χ0) is 16.4. The standard InChI is InChI=1S/C16H17N5O2/c1-9-15(10(2)21-20-9)19-14(22)8-7-13-17-12-6-4-3-5-11(12)16(23)18-13/h3-6H,7-8H2,1-2H3,(H,19,22)(H,20,21)(H,17,18,23). The van der Waals surface area contributed by atoms with E-state index in [1.54, 1.807) is 18.2 Å². The van der Waals surface area contributed by atoms with Crippen LogP contribution in [0.5, 0.6) is 0 Å². The predicted molar refractivity (Wildman–Crippen MR) is 87.4 cm³/mol. The Morgan fingerprint density at radius 1 is 1.26 bits per heavy atom. The highest BCUT2D eigenvalue weighted by atomic mass is 16.1. The maximum atomic E-state index is 12.1. The van der Waals surface area contributed by atoms with E-state index >= 15 is 0 Å². The van der Waals surface area contributed by atoms with Gasteiger partial charge < -0.3 is 10.3 Å². The Hall–Kier alpha value is -2.96. The second kappa shape index (κ2) is 6.04. The maximum Gasteiger partial charge on any atom is 0.258 e. The Morgan fingerprint density at radius 2 is 2.04 bits per heavy atom. The third kappa shape index (κ3) is 3.13. The second-order valence-electron chi connectivity index (χ2n) is 5.39. The quantitative estimate of drug-likeness (QED) is 0.684. The molecule has 2 heterocycles. The minimum Gasteiger partial charge on any atom is -0.323 e. The summed E-state index contributed by atoms with van der Waals surface area (Å²) in [5, 5.41) is 10.2. The summed E-state index contributed by atoms with van der Waals surface area (Å²) in [6.45, 7) is 3.67. The van der Waals surface area contributed by atoms with Crippen LogP contribution in [-0.4, -0.2) is 26.1 Å². The van der Waals surface area contributed by atoms with Gasteiger partial charge in [0.1, 0.15) is 5.82 Å². The summed E-state index contributed by atoms with van der Waals surface area (Å²) in [6.07, 6.45) is 0.590. The number of nitrogens with one attached hydrogen (secondary N) is 3. The van der Waals surface area contributed by atoms with Gasteiger partial charge in [-0.25, -0.2) is 4.98 Å². The van der Waals surface area contributed by atoms with Crippen molar-refractivity contribution in [3.05, 3.63) is 51.8 Å². The van der Waals surface area contributed by atoms with Gasteiger partial charge in [0, 0.05) is 12.8 Å². The molecule has 0 aliphatic carbocycles. The van der Waals surface area contributed by atoms with Gasteiger partial charge in [0.15, 0.2) is 0 Å². The number of amides is 1. The van der Waals surface area contributed by atoms with E-state index < -0.39 is 0 Å². The fourth-order valence-corrected chi connectivity index (χ4v) is 2.42. The molecule has 0 unspecified atom stereocenters. The van der Waals surface area contributed by atoms with Crippen LogP contribution in [0.1, 0.15) is 23.6 Å². The largest absolute Gasteiger partial charge is 0.323 e. The number of nitrogens with zero attached hydrogens (tertiary/aromatic N) is 2. The Bertz CT molecular complexity index is 906. The van der Waals surface area contributed by atoms with Crippen molar-refractivity contribution in [3.63, 3.8) is 0 Å². The molecule has 2 aromatic heterocycles. The summed E-state index contributed by atoms with van der Waals surface area (Å²) in [7, 11) is 0. The minimum atomic E-state index is -0.187. The Balaban J connectivity index is 1.71. The molecule has 23 heavy (non-hydrogen) atoms. The van der Waals surface area contributed by atoms with Crippen LogP contribution in [0.3, 0.4) is 0 Å². The van der Waals surface area contributed by atoms with E-state index in [0.717, 1.165) is 11.4 Å². The number of para-hydroxylation sites is 1. The average Bonchev–Trinajstić information content (AvgIpc) is 2.85. The van der Waals surface area contributed by atoms with Gasteiger partial charge in [-0.2, -0.15) is 5.10 Å². The van der Waals surface area contributed by atoms with Crippen molar-refractivity contribution in [2.75, 3.05) is 5.32 Å². The first-order valence-corrected chi connectivity index (χ1v) is 7.34. The number of anilines is 1. The molecule has 0 radical (unpaired) electrons. The molecular weight excluding hydrogens is 294 g/mol. The lowest BCUT2D eigenvalue weighted by Crippen LogP contribution is -2.16. The number of H-pyrrole nitrogens is 2. The van der Waals surface area contributed by atoms with Crippen molar-refractivity contribution in [1.29, 1.82) is 0 Å². The van der Waals surface area contributed by atoms with Crippen LogP contribution in [-0.2, 0) is 11.2 Å². The molecule has 0 spiro atoms. The lowest BCUT2D eigenvalue weighted by molar-refractivity contribution is -0.116. The van der Waals surface area contributed by atoms with Crippen LogP contribution in [0.4, 0.5) is 5.69 Å². The first kappa shape index (κ1) is 15.0. The highest BCUT2D eigenvalue weighted by molar-refractivity contribution is 5.91. The number of hydrogen-bond acceptors (Lipinski definition) is 4. The number of carbonyl (C=O) groups is 1. The average molecular weight is 311 g/mol. The van der Waals surface area contributed by atoms with Crippen LogP contribution < -0.4 is 10.9 Å². The van der Waals surface area contributed by atoms with E-state index in [2.05, 4.69) is 25.5 Å². The first-order valence-electron chi connectivity index (χ1n) is 7.34. The molecule has 0 aliphatic rings. The van der Waals surface area contributed by atoms with Crippen LogP contribution in [0.25, 0.3) is 10.9 Å². The van der Waals surface area contributed by atoms with E-state index in [1.807, 2.05) is 19.9 Å². The molecular formula is C16H17N5O2. The summed E-state index contributed by atoms with van der Waals surface area (Å²) in [4.78, 5) is 31.2. The van der Waals surface area contributed by atoms with Crippen LogP contribution in [0.15, 0.2) is 29.1 Å². The van der Waals surface area contributed by atoms with Crippen LogP contribution in [0.2, 0.25) is 0 Å². The lowest BCUT2D eigenvalue weighted by atomic mass is 10.2. The normalized spacial score (nSPS) is 10.9. The van der Waals surface area contributed by atoms with Crippen molar-refractivity contribution in [2.24, 2.45) is 0 Å². The SMILES string of the molecule is Cc1n[nH]c(C)c1NC(=O)CCc1nc2ccccc2c(=O)[nH]1. The van der Waals surface area contributed by atoms with E-state index in [1.165, 1.54) is 0 Å². The highest BCUT2D eigenvalue weighted by Crippen LogP contribution is 2.16. The third-order valence-corrected chi connectivity index (χ3v) is 3.64. The Morgan fingerprint density at radius 3 is 2.78 bits per heavy atom. The summed E-state index contributed by atoms with van der Waals surface area (Å²) in [5.74, 6) is 0.359. The van der Waals surface area contributed by atoms with E-state index in [-0.39, 0.29) is 17.9 Å². The fraction of sp³-hybridized carbons (Fsp3) is 0.250. The van der Waals surface area contributed by atoms with Crippen molar-refractivity contribution in [2.45, 2.75) is 26.7 Å². The molecule has 1 aromatic carbocycles. The molecule has 7 nitrogen and oxygen atoms in total. The first-order chi connectivity index (χ1) is 11.0.